The smallest absolute Gasteiger partial charge is 0.216 e. The molecule has 4 aromatic rings. The van der Waals surface area contributed by atoms with Gasteiger partial charge in [0, 0.05) is 5.56 Å². The molecule has 0 N–H and O–H groups in total. The van der Waals surface area contributed by atoms with Crippen molar-refractivity contribution in [1.29, 1.82) is 0 Å². The van der Waals surface area contributed by atoms with Gasteiger partial charge in [-0.25, -0.2) is 4.58 Å². The minimum atomic E-state index is 0.907. The summed E-state index contributed by atoms with van der Waals surface area (Å²) in [5.41, 5.74) is 5.67. The van der Waals surface area contributed by atoms with E-state index in [1.165, 1.54) is 32.7 Å². The number of nitrogens with zero attached hydrogens (tertiary/aromatic N) is 2. The van der Waals surface area contributed by atoms with E-state index >= 15 is 0 Å². The molecular formula is C25H23N2+. The van der Waals surface area contributed by atoms with E-state index in [2.05, 4.69) is 110 Å². The van der Waals surface area contributed by atoms with Crippen molar-refractivity contribution in [1.82, 2.24) is 0 Å². The first kappa shape index (κ1) is 17.2. The predicted octanol–water partition coefficient (Wildman–Crippen LogP) is 5.74. The van der Waals surface area contributed by atoms with Gasteiger partial charge in [0.15, 0.2) is 0 Å². The molecule has 0 saturated heterocycles. The molecule has 0 radical (unpaired) electrons. The van der Waals surface area contributed by atoms with Crippen molar-refractivity contribution in [3.05, 3.63) is 89.5 Å². The molecule has 0 fully saturated rings. The van der Waals surface area contributed by atoms with Crippen LogP contribution >= 0.6 is 0 Å². The maximum atomic E-state index is 4.34. The van der Waals surface area contributed by atoms with Gasteiger partial charge >= 0.3 is 0 Å². The molecule has 4 aromatic carbocycles. The number of hydrogen-bond acceptors (Lipinski definition) is 1. The molecule has 0 atom stereocenters. The Morgan fingerprint density at radius 2 is 1.41 bits per heavy atom. The van der Waals surface area contributed by atoms with E-state index in [4.69, 9.17) is 0 Å². The van der Waals surface area contributed by atoms with E-state index in [1.807, 2.05) is 0 Å². The zero-order valence-electron chi connectivity index (χ0n) is 16.0. The molecule has 0 aliphatic rings. The highest BCUT2D eigenvalue weighted by Crippen LogP contribution is 2.31. The fraction of sp³-hybridized carbons (Fsp3) is 0.120. The van der Waals surface area contributed by atoms with Crippen LogP contribution in [0.4, 0.5) is 5.69 Å². The highest BCUT2D eigenvalue weighted by molar-refractivity contribution is 6.17. The first-order valence-corrected chi connectivity index (χ1v) is 9.13. The molecule has 0 unspecified atom stereocenters. The quantitative estimate of drug-likeness (QED) is 0.330. The Hall–Kier alpha value is -3.26. The molecule has 0 heterocycles. The van der Waals surface area contributed by atoms with Crippen LogP contribution in [0.2, 0.25) is 0 Å². The lowest BCUT2D eigenvalue weighted by atomic mass is 9.91. The van der Waals surface area contributed by atoms with Crippen LogP contribution in [0.3, 0.4) is 0 Å². The highest BCUT2D eigenvalue weighted by Gasteiger charge is 2.22. The van der Waals surface area contributed by atoms with Crippen molar-refractivity contribution in [2.45, 2.75) is 6.92 Å². The highest BCUT2D eigenvalue weighted by atomic mass is 14.9. The Balaban J connectivity index is 2.03. The number of benzene rings is 4. The minimum absolute atomic E-state index is 0.907. The van der Waals surface area contributed by atoms with Gasteiger partial charge in [0.2, 0.25) is 5.71 Å². The van der Waals surface area contributed by atoms with Gasteiger partial charge in [0.05, 0.1) is 11.3 Å². The molecule has 4 rings (SSSR count). The van der Waals surface area contributed by atoms with Crippen molar-refractivity contribution in [3.8, 4) is 0 Å². The van der Waals surface area contributed by atoms with Gasteiger partial charge in [-0.15, -0.1) is 0 Å². The molecule has 0 aliphatic carbocycles. The van der Waals surface area contributed by atoms with Crippen LogP contribution < -0.4 is 0 Å². The third-order valence-corrected chi connectivity index (χ3v) is 5.19. The summed E-state index contributed by atoms with van der Waals surface area (Å²) in [6.07, 6.45) is 0. The van der Waals surface area contributed by atoms with Crippen LogP contribution in [0.15, 0.2) is 77.8 Å². The summed E-state index contributed by atoms with van der Waals surface area (Å²) in [7, 11) is 4.18. The Morgan fingerprint density at radius 1 is 0.778 bits per heavy atom. The first-order chi connectivity index (χ1) is 13.1. The van der Waals surface area contributed by atoms with Crippen LogP contribution in [-0.4, -0.2) is 31.1 Å². The van der Waals surface area contributed by atoms with E-state index in [9.17, 15) is 0 Å². The van der Waals surface area contributed by atoms with Crippen molar-refractivity contribution in [2.24, 2.45) is 4.99 Å². The summed E-state index contributed by atoms with van der Waals surface area (Å²) < 4.78 is 2.18. The van der Waals surface area contributed by atoms with Crippen molar-refractivity contribution < 1.29 is 4.58 Å². The van der Waals surface area contributed by atoms with Gasteiger partial charge in [-0.3, -0.25) is 4.99 Å². The third kappa shape index (κ3) is 2.93. The normalized spacial score (nSPS) is 10.9. The average molecular weight is 351 g/mol. The molecule has 0 saturated carbocycles. The lowest BCUT2D eigenvalue weighted by Gasteiger charge is -2.13. The van der Waals surface area contributed by atoms with Gasteiger partial charge in [-0.1, -0.05) is 54.6 Å². The second-order valence-corrected chi connectivity index (χ2v) is 7.08. The number of rotatable bonds is 3. The Kier molecular flexibility index (Phi) is 4.33. The largest absolute Gasteiger partial charge is 0.264 e. The Bertz CT molecular complexity index is 1210. The maximum Gasteiger partial charge on any atom is 0.216 e. The Morgan fingerprint density at radius 3 is 2.07 bits per heavy atom. The average Bonchev–Trinajstić information content (AvgIpc) is 2.69. The molecule has 0 spiro atoms. The number of aliphatic imine (C=N–C) groups is 1. The molecule has 0 aromatic heterocycles. The van der Waals surface area contributed by atoms with Gasteiger partial charge in [0.25, 0.3) is 0 Å². The van der Waals surface area contributed by atoms with E-state index in [1.54, 1.807) is 0 Å². The fourth-order valence-electron chi connectivity index (χ4n) is 3.86. The zero-order chi connectivity index (χ0) is 19.0. The second kappa shape index (κ2) is 6.81. The van der Waals surface area contributed by atoms with E-state index in [-0.39, 0.29) is 0 Å². The third-order valence-electron chi connectivity index (χ3n) is 5.19. The lowest BCUT2D eigenvalue weighted by Crippen LogP contribution is -2.18. The van der Waals surface area contributed by atoms with Crippen molar-refractivity contribution in [2.75, 3.05) is 14.1 Å². The number of fused-ring (bicyclic) bond motifs is 2. The van der Waals surface area contributed by atoms with Gasteiger partial charge in [-0.05, 0) is 58.9 Å². The van der Waals surface area contributed by atoms with Crippen LogP contribution in [0.5, 0.6) is 0 Å². The fourth-order valence-corrected chi connectivity index (χ4v) is 3.86. The van der Waals surface area contributed by atoms with Crippen LogP contribution in [0.25, 0.3) is 21.5 Å². The first-order valence-electron chi connectivity index (χ1n) is 9.13. The summed E-state index contributed by atoms with van der Waals surface area (Å²) in [4.78, 5) is 4.34. The predicted molar refractivity (Wildman–Crippen MR) is 117 cm³/mol. The van der Waals surface area contributed by atoms with Gasteiger partial charge in [0.1, 0.15) is 14.1 Å². The van der Waals surface area contributed by atoms with Crippen LogP contribution in [0.1, 0.15) is 16.7 Å². The maximum absolute atomic E-state index is 4.34. The lowest BCUT2D eigenvalue weighted by molar-refractivity contribution is -0.463. The van der Waals surface area contributed by atoms with E-state index in [0.717, 1.165) is 17.0 Å². The standard InChI is InChI=1S/C25H23N2/c1-17-21-12-8-7-9-18(21)13-14-22(17)25(27(3)4)23-15-19-10-5-6-11-20(19)16-24(23)26-2/h5-16H,2H2,1,3-4H3/q+1. The summed E-state index contributed by atoms with van der Waals surface area (Å²) in [6, 6.07) is 25.7. The van der Waals surface area contributed by atoms with Gasteiger partial charge in [-0.2, -0.15) is 0 Å². The molecule has 0 amide bonds. The summed E-state index contributed by atoms with van der Waals surface area (Å²) >= 11 is 0. The monoisotopic (exact) mass is 351 g/mol. The molecule has 2 heteroatoms. The molecule has 0 bridgehead atoms. The van der Waals surface area contributed by atoms with Crippen molar-refractivity contribution in [3.63, 3.8) is 0 Å². The molecule has 27 heavy (non-hydrogen) atoms. The number of hydrogen-bond donors (Lipinski definition) is 0. The van der Waals surface area contributed by atoms with E-state index < -0.39 is 0 Å². The van der Waals surface area contributed by atoms with E-state index in [0.29, 0.717) is 0 Å². The molecular weight excluding hydrogens is 328 g/mol. The van der Waals surface area contributed by atoms with Crippen LogP contribution in [0, 0.1) is 6.92 Å². The Labute approximate surface area is 160 Å². The second-order valence-electron chi connectivity index (χ2n) is 7.08. The van der Waals surface area contributed by atoms with Gasteiger partial charge < -0.3 is 0 Å². The zero-order valence-corrected chi connectivity index (χ0v) is 16.0. The summed E-state index contributed by atoms with van der Waals surface area (Å²) in [6.45, 7) is 6.02. The summed E-state index contributed by atoms with van der Waals surface area (Å²) in [5.74, 6) is 0. The molecule has 2 nitrogen and oxygen atoms in total. The minimum Gasteiger partial charge on any atom is -0.264 e. The SMILES string of the molecule is C=Nc1cc2ccccc2cc1C(c1ccc2ccccc2c1C)=[N+](C)C. The topological polar surface area (TPSA) is 15.4 Å². The molecule has 132 valence electrons. The summed E-state index contributed by atoms with van der Waals surface area (Å²) in [5, 5.41) is 4.93. The molecule has 0 aliphatic heterocycles. The number of aryl methyl sites for hydroxylation is 1. The van der Waals surface area contributed by atoms with Crippen LogP contribution in [-0.2, 0) is 0 Å². The van der Waals surface area contributed by atoms with Crippen molar-refractivity contribution >= 4 is 39.7 Å².